The molecule has 0 spiro atoms. The van der Waals surface area contributed by atoms with Crippen LogP contribution in [0.4, 0.5) is 0 Å². The van der Waals surface area contributed by atoms with Crippen LogP contribution in [0.15, 0.2) is 48.1 Å². The molecule has 1 aromatic rings. The van der Waals surface area contributed by atoms with Crippen molar-refractivity contribution in [2.24, 2.45) is 0 Å². The van der Waals surface area contributed by atoms with Crippen molar-refractivity contribution in [3.8, 4) is 0 Å². The molecule has 0 saturated carbocycles. The topological polar surface area (TPSA) is 70.1 Å². The number of likely N-dealkylation sites (tertiary alicyclic amines) is 1. The maximum atomic E-state index is 13.3. The number of amides is 2. The first-order chi connectivity index (χ1) is 14.3. The van der Waals surface area contributed by atoms with Gasteiger partial charge in [-0.05, 0) is 31.5 Å². The Morgan fingerprint density at radius 2 is 2.03 bits per heavy atom. The summed E-state index contributed by atoms with van der Waals surface area (Å²) in [5.41, 5.74) is 1.54. The minimum atomic E-state index is -0.718. The highest BCUT2D eigenvalue weighted by molar-refractivity contribution is 6.30. The summed E-state index contributed by atoms with van der Waals surface area (Å²) in [6.07, 6.45) is 5.34. The summed E-state index contributed by atoms with van der Waals surface area (Å²) in [6, 6.07) is 6.47. The Morgan fingerprint density at radius 3 is 2.70 bits per heavy atom. The number of β-amino-alcohol motifs (C(OH)–C–C–N with tert-alkyl or cyclic N) is 1. The Labute approximate surface area is 182 Å². The quantitative estimate of drug-likeness (QED) is 0.749. The van der Waals surface area contributed by atoms with Crippen LogP contribution in [0.3, 0.4) is 0 Å². The molecule has 162 valence electrons. The summed E-state index contributed by atoms with van der Waals surface area (Å²) >= 11 is 5.96. The van der Waals surface area contributed by atoms with Crippen LogP contribution in [0.1, 0.15) is 38.3 Å². The van der Waals surface area contributed by atoms with E-state index in [1.165, 1.54) is 4.90 Å². The van der Waals surface area contributed by atoms with Crippen molar-refractivity contribution >= 4 is 23.4 Å². The van der Waals surface area contributed by atoms with Crippen LogP contribution in [0.2, 0.25) is 5.02 Å². The van der Waals surface area contributed by atoms with Crippen LogP contribution >= 0.6 is 11.6 Å². The molecule has 4 atom stereocenters. The summed E-state index contributed by atoms with van der Waals surface area (Å²) in [5, 5.41) is 10.9. The molecule has 0 bridgehead atoms. The number of halogens is 1. The Hall–Kier alpha value is -2.15. The number of rotatable bonds is 6. The van der Waals surface area contributed by atoms with Crippen molar-refractivity contribution in [3.05, 3.63) is 58.7 Å². The minimum absolute atomic E-state index is 0.145. The molecule has 1 aliphatic carbocycles. The van der Waals surface area contributed by atoms with Crippen LogP contribution in [0, 0.1) is 0 Å². The standard InChI is InChI=1S/C23H29ClN2O4/c1-4-30-20-7-5-6-17(12-20)22(28)26-14-19(27)13-21(26)23(29)25(3)15(2)16-8-10-18(24)11-9-16/h5-11,15,19-21,27H,4,12-14H2,1-3H3/t15-,19+,20?,21-/m0/s1. The average Bonchev–Trinajstić information content (AvgIpc) is 3.14. The van der Waals surface area contributed by atoms with E-state index in [1.54, 1.807) is 30.2 Å². The van der Waals surface area contributed by atoms with Crippen LogP contribution in [-0.4, -0.2) is 65.2 Å². The molecule has 3 rings (SSSR count). The fourth-order valence-corrected chi connectivity index (χ4v) is 4.11. The Kier molecular flexibility index (Phi) is 7.34. The van der Waals surface area contributed by atoms with E-state index in [0.29, 0.717) is 23.6 Å². The van der Waals surface area contributed by atoms with Crippen molar-refractivity contribution < 1.29 is 19.4 Å². The number of carbonyl (C=O) groups is 2. The number of hydrogen-bond donors (Lipinski definition) is 1. The highest BCUT2D eigenvalue weighted by atomic mass is 35.5. The van der Waals surface area contributed by atoms with E-state index in [-0.39, 0.29) is 36.9 Å². The largest absolute Gasteiger partial charge is 0.391 e. The molecule has 1 aliphatic heterocycles. The molecular weight excluding hydrogens is 404 g/mol. The monoisotopic (exact) mass is 432 g/mol. The van der Waals surface area contributed by atoms with Gasteiger partial charge in [0.2, 0.25) is 5.91 Å². The third kappa shape index (κ3) is 4.94. The van der Waals surface area contributed by atoms with Gasteiger partial charge in [-0.1, -0.05) is 42.0 Å². The van der Waals surface area contributed by atoms with E-state index in [2.05, 4.69) is 0 Å². The van der Waals surface area contributed by atoms with Crippen molar-refractivity contribution in [1.82, 2.24) is 9.80 Å². The first-order valence-corrected chi connectivity index (χ1v) is 10.7. The maximum absolute atomic E-state index is 13.3. The molecule has 0 radical (unpaired) electrons. The number of ether oxygens (including phenoxy) is 1. The number of aliphatic hydroxyl groups excluding tert-OH is 1. The van der Waals surface area contributed by atoms with Crippen LogP contribution in [0.25, 0.3) is 0 Å². The van der Waals surface area contributed by atoms with Gasteiger partial charge in [0.25, 0.3) is 5.91 Å². The third-order valence-corrected chi connectivity index (χ3v) is 6.06. The zero-order chi connectivity index (χ0) is 21.8. The number of likely N-dealkylation sites (N-methyl/N-ethyl adjacent to an activating group) is 1. The van der Waals surface area contributed by atoms with Crippen LogP contribution in [-0.2, 0) is 14.3 Å². The van der Waals surface area contributed by atoms with Gasteiger partial charge in [0.05, 0.1) is 18.2 Å². The van der Waals surface area contributed by atoms with Gasteiger partial charge in [-0.3, -0.25) is 9.59 Å². The first kappa shape index (κ1) is 22.5. The van der Waals surface area contributed by atoms with Crippen molar-refractivity contribution in [2.45, 2.75) is 51.0 Å². The van der Waals surface area contributed by atoms with E-state index in [9.17, 15) is 14.7 Å². The minimum Gasteiger partial charge on any atom is -0.391 e. The Bertz CT molecular complexity index is 836. The number of allylic oxidation sites excluding steroid dienone is 2. The molecule has 1 fully saturated rings. The smallest absolute Gasteiger partial charge is 0.250 e. The van der Waals surface area contributed by atoms with Gasteiger partial charge < -0.3 is 19.6 Å². The summed E-state index contributed by atoms with van der Waals surface area (Å²) in [7, 11) is 1.72. The van der Waals surface area contributed by atoms with Gasteiger partial charge in [-0.15, -0.1) is 0 Å². The number of aliphatic hydroxyl groups is 1. The number of hydrogen-bond acceptors (Lipinski definition) is 4. The maximum Gasteiger partial charge on any atom is 0.250 e. The molecule has 30 heavy (non-hydrogen) atoms. The number of carbonyl (C=O) groups excluding carboxylic acids is 2. The van der Waals surface area contributed by atoms with Gasteiger partial charge in [-0.2, -0.15) is 0 Å². The van der Waals surface area contributed by atoms with Crippen molar-refractivity contribution in [3.63, 3.8) is 0 Å². The molecule has 1 aromatic carbocycles. The molecule has 1 unspecified atom stereocenters. The third-order valence-electron chi connectivity index (χ3n) is 5.81. The van der Waals surface area contributed by atoms with Crippen LogP contribution < -0.4 is 0 Å². The molecule has 1 N–H and O–H groups in total. The zero-order valence-corrected chi connectivity index (χ0v) is 18.4. The summed E-state index contributed by atoms with van der Waals surface area (Å²) < 4.78 is 5.62. The van der Waals surface area contributed by atoms with E-state index >= 15 is 0 Å². The van der Waals surface area contributed by atoms with Crippen molar-refractivity contribution in [1.29, 1.82) is 0 Å². The second-order valence-corrected chi connectivity index (χ2v) is 8.25. The average molecular weight is 433 g/mol. The lowest BCUT2D eigenvalue weighted by Crippen LogP contribution is -2.47. The lowest BCUT2D eigenvalue weighted by molar-refractivity contribution is -0.142. The number of benzene rings is 1. The fraction of sp³-hybridized carbons (Fsp3) is 0.478. The molecule has 7 heteroatoms. The highest BCUT2D eigenvalue weighted by Crippen LogP contribution is 2.28. The summed E-state index contributed by atoms with van der Waals surface area (Å²) in [5.74, 6) is -0.401. The SMILES string of the molecule is CCOC1C=CC=C(C(=O)N2C[C@H](O)C[C@H]2C(=O)N(C)[C@@H](C)c2ccc(Cl)cc2)C1. The first-order valence-electron chi connectivity index (χ1n) is 10.3. The molecule has 6 nitrogen and oxygen atoms in total. The lowest BCUT2D eigenvalue weighted by Gasteiger charge is -2.32. The Balaban J connectivity index is 1.74. The summed E-state index contributed by atoms with van der Waals surface area (Å²) in [6.45, 7) is 4.56. The second-order valence-electron chi connectivity index (χ2n) is 7.81. The predicted molar refractivity (Wildman–Crippen MR) is 116 cm³/mol. The second kappa shape index (κ2) is 9.77. The molecule has 2 aliphatic rings. The van der Waals surface area contributed by atoms with Gasteiger partial charge >= 0.3 is 0 Å². The van der Waals surface area contributed by atoms with Crippen LogP contribution in [0.5, 0.6) is 0 Å². The predicted octanol–water partition coefficient (Wildman–Crippen LogP) is 3.11. The van der Waals surface area contributed by atoms with Gasteiger partial charge in [0.1, 0.15) is 6.04 Å². The lowest BCUT2D eigenvalue weighted by atomic mass is 10.0. The Morgan fingerprint density at radius 1 is 1.33 bits per heavy atom. The molecular formula is C23H29ClN2O4. The van der Waals surface area contributed by atoms with E-state index in [4.69, 9.17) is 16.3 Å². The summed E-state index contributed by atoms with van der Waals surface area (Å²) in [4.78, 5) is 29.6. The van der Waals surface area contributed by atoms with Gasteiger partial charge in [0, 0.05) is 43.6 Å². The molecule has 0 aromatic heterocycles. The number of nitrogens with zero attached hydrogens (tertiary/aromatic N) is 2. The van der Waals surface area contributed by atoms with Crippen molar-refractivity contribution in [2.75, 3.05) is 20.2 Å². The fourth-order valence-electron chi connectivity index (χ4n) is 3.98. The molecule has 1 heterocycles. The zero-order valence-electron chi connectivity index (χ0n) is 17.6. The normalized spacial score (nSPS) is 24.5. The van der Waals surface area contributed by atoms with E-state index in [0.717, 1.165) is 5.56 Å². The van der Waals surface area contributed by atoms with E-state index < -0.39 is 12.1 Å². The van der Waals surface area contributed by atoms with Gasteiger partial charge in [0.15, 0.2) is 0 Å². The highest BCUT2D eigenvalue weighted by Gasteiger charge is 2.42. The van der Waals surface area contributed by atoms with Gasteiger partial charge in [-0.25, -0.2) is 0 Å². The van der Waals surface area contributed by atoms with E-state index in [1.807, 2.05) is 38.1 Å². The molecule has 1 saturated heterocycles. The molecule has 2 amide bonds.